The van der Waals surface area contributed by atoms with E-state index in [2.05, 4.69) is 0 Å². The molecule has 6 unspecified atom stereocenters. The molecule has 0 bridgehead atoms. The average molecular weight is 1120 g/mol. The Morgan fingerprint density at radius 3 is 0.756 bits per heavy atom. The molecule has 78 heavy (non-hydrogen) atoms. The molecule has 0 amide bonds. The number of hydrogen-bond acceptors (Lipinski definition) is 19. The van der Waals surface area contributed by atoms with Gasteiger partial charge < -0.3 is 74.5 Å². The van der Waals surface area contributed by atoms with E-state index in [1.807, 2.05) is 140 Å². The van der Waals surface area contributed by atoms with Crippen LogP contribution in [0.1, 0.15) is 27.8 Å². The zero-order valence-electron chi connectivity index (χ0n) is 42.6. The zero-order chi connectivity index (χ0) is 52.5. The minimum atomic E-state index is -4.43. The predicted octanol–water partition coefficient (Wildman–Crippen LogP) is 11.9. The molecule has 0 N–H and O–H groups in total. The molecule has 12 rings (SSSR count). The monoisotopic (exact) mass is 1120 g/mol. The van der Waals surface area contributed by atoms with Crippen molar-refractivity contribution in [1.29, 1.82) is 0 Å². The Labute approximate surface area is 452 Å². The minimum absolute atomic E-state index is 0.0220. The van der Waals surface area contributed by atoms with E-state index in [0.29, 0.717) is 128 Å². The molecule has 6 aliphatic heterocycles. The first kappa shape index (κ1) is 53.1. The fourth-order valence-electron chi connectivity index (χ4n) is 7.90. The van der Waals surface area contributed by atoms with E-state index in [1.54, 1.807) is 12.1 Å². The molecule has 6 heterocycles. The summed E-state index contributed by atoms with van der Waals surface area (Å²) in [4.78, 5) is 0. The summed E-state index contributed by atoms with van der Waals surface area (Å²) in [5.74, 6) is 2.16. The molecular weight excluding hydrogens is 1060 g/mol. The number of benzene rings is 6. The smallest absolute Gasteiger partial charge is 0.413 e. The Kier molecular flexibility index (Phi) is 16.9. The summed E-state index contributed by atoms with van der Waals surface area (Å²) in [7, 11) is -13.2. The molecule has 5 saturated heterocycles. The highest BCUT2D eigenvalue weighted by atomic mass is 31.3. The van der Waals surface area contributed by atoms with Gasteiger partial charge in [-0.3, -0.25) is 0 Å². The molecule has 0 aliphatic carbocycles. The van der Waals surface area contributed by atoms with Crippen LogP contribution in [0.15, 0.2) is 165 Å². The lowest BCUT2D eigenvalue weighted by molar-refractivity contribution is 0.103. The number of nitrogens with zero attached hydrogens (tertiary/aromatic N) is 3. The van der Waals surface area contributed by atoms with Crippen molar-refractivity contribution < 1.29 is 74.5 Å². The van der Waals surface area contributed by atoms with E-state index in [1.165, 1.54) is 0 Å². The Morgan fingerprint density at radius 1 is 0.295 bits per heavy atom. The molecule has 5 fully saturated rings. The molecule has 0 aromatic heterocycles. The summed E-state index contributed by atoms with van der Waals surface area (Å²) in [5, 5.41) is 0. The summed E-state index contributed by atoms with van der Waals surface area (Å²) in [6.07, 6.45) is 0.115. The van der Waals surface area contributed by atoms with Gasteiger partial charge in [-0.1, -0.05) is 123 Å². The number of rotatable bonds is 32. The van der Waals surface area contributed by atoms with Gasteiger partial charge in [0.15, 0.2) is 0 Å². The standard InChI is InChI=1S/C56H60N3O16P3/c1-2-19-46(20-3-1)70-76(71-52-21-9-4-14-41(52)26-60-31-47-36-65-47)57-77(72-53-22-10-5-15-42(53)27-61-32-48-37-66-48,73-54-23-11-6-16-43(54)28-62-33-49-38-67-49)59-78(58-76,74-55-24-12-7-17-44(55)29-63-34-50-39-68-50)75-56-25-13-8-18-45(56)30-64-35-51-40-69-51/h1-25,47-51H,26-40H2. The van der Waals surface area contributed by atoms with Gasteiger partial charge >= 0.3 is 23.0 Å². The summed E-state index contributed by atoms with van der Waals surface area (Å²) < 4.78 is 120. The topological polar surface area (TPSA) is 201 Å². The molecule has 6 aromatic carbocycles. The van der Waals surface area contributed by atoms with E-state index in [0.717, 1.165) is 0 Å². The summed E-state index contributed by atoms with van der Waals surface area (Å²) in [5.41, 5.74) is 3.41. The lowest BCUT2D eigenvalue weighted by Gasteiger charge is -2.34. The maximum atomic E-state index is 7.45. The predicted molar refractivity (Wildman–Crippen MR) is 287 cm³/mol. The molecular formula is C56H60N3O16P3. The zero-order valence-corrected chi connectivity index (χ0v) is 45.3. The Morgan fingerprint density at radius 2 is 0.513 bits per heavy atom. The maximum absolute atomic E-state index is 7.45. The Hall–Kier alpha value is -5.59. The van der Waals surface area contributed by atoms with Crippen molar-refractivity contribution in [2.45, 2.75) is 63.6 Å². The first-order valence-corrected chi connectivity index (χ1v) is 30.5. The van der Waals surface area contributed by atoms with Crippen molar-refractivity contribution in [3.63, 3.8) is 0 Å². The normalized spacial score (nSPS) is 26.0. The van der Waals surface area contributed by atoms with Crippen molar-refractivity contribution in [3.8, 4) is 34.5 Å². The second kappa shape index (κ2) is 24.8. The van der Waals surface area contributed by atoms with Crippen LogP contribution in [-0.2, 0) is 80.4 Å². The van der Waals surface area contributed by atoms with Crippen molar-refractivity contribution >= 4 is 23.0 Å². The van der Waals surface area contributed by atoms with E-state index in [-0.39, 0.29) is 63.6 Å². The molecule has 0 saturated carbocycles. The van der Waals surface area contributed by atoms with Crippen molar-refractivity contribution in [2.75, 3.05) is 66.1 Å². The van der Waals surface area contributed by atoms with Gasteiger partial charge in [0.05, 0.1) is 99.1 Å². The Bertz CT molecular complexity index is 2900. The first-order valence-electron chi connectivity index (χ1n) is 25.9. The minimum Gasteiger partial charge on any atom is -0.413 e. The molecule has 0 spiro atoms. The SMILES string of the molecule is c1ccc(OP2(Oc3ccccc3COCC3CO3)=NP(Oc3ccccc3COCC3CO3)(Oc3ccccc3COCC3CO3)=NP(Oc3ccccc3COCC3CO3)(Oc3ccccc3COCC3CO3)=N2)cc1. The van der Waals surface area contributed by atoms with Gasteiger partial charge in [-0.2, -0.15) is 0 Å². The van der Waals surface area contributed by atoms with Gasteiger partial charge in [-0.15, -0.1) is 0 Å². The third kappa shape index (κ3) is 15.0. The van der Waals surface area contributed by atoms with Crippen molar-refractivity contribution in [3.05, 3.63) is 179 Å². The van der Waals surface area contributed by atoms with Crippen LogP contribution in [-0.4, -0.2) is 96.6 Å². The fourth-order valence-corrected chi connectivity index (χ4v) is 17.2. The van der Waals surface area contributed by atoms with Crippen molar-refractivity contribution in [1.82, 2.24) is 0 Å². The van der Waals surface area contributed by atoms with Crippen LogP contribution >= 0.6 is 23.0 Å². The highest BCUT2D eigenvalue weighted by Gasteiger charge is 2.50. The van der Waals surface area contributed by atoms with Crippen LogP contribution in [0.2, 0.25) is 0 Å². The molecule has 0 radical (unpaired) electrons. The van der Waals surface area contributed by atoms with Crippen LogP contribution in [0, 0.1) is 0 Å². The van der Waals surface area contributed by atoms with Gasteiger partial charge in [0, 0.05) is 27.8 Å². The van der Waals surface area contributed by atoms with Crippen LogP contribution in [0.3, 0.4) is 0 Å². The van der Waals surface area contributed by atoms with Crippen molar-refractivity contribution in [2.24, 2.45) is 13.5 Å². The van der Waals surface area contributed by atoms with Gasteiger partial charge in [0.2, 0.25) is 0 Å². The number of hydrogen-bond donors (Lipinski definition) is 0. The number of ether oxygens (including phenoxy) is 10. The molecule has 6 aliphatic rings. The van der Waals surface area contributed by atoms with Crippen LogP contribution in [0.4, 0.5) is 0 Å². The number of epoxide rings is 5. The second-order valence-electron chi connectivity index (χ2n) is 19.0. The highest BCUT2D eigenvalue weighted by Crippen LogP contribution is 2.79. The Balaban J connectivity index is 1.09. The molecule has 410 valence electrons. The third-order valence-electron chi connectivity index (χ3n) is 12.4. The van der Waals surface area contributed by atoms with Gasteiger partial charge in [-0.25, -0.2) is 0 Å². The lowest BCUT2D eigenvalue weighted by atomic mass is 10.2. The van der Waals surface area contributed by atoms with Gasteiger partial charge in [0.1, 0.15) is 65.0 Å². The highest BCUT2D eigenvalue weighted by molar-refractivity contribution is 7.79. The van der Waals surface area contributed by atoms with E-state index in [9.17, 15) is 0 Å². The largest absolute Gasteiger partial charge is 0.460 e. The third-order valence-corrected chi connectivity index (χ3v) is 20.5. The fraction of sp³-hybridized carbons (Fsp3) is 0.357. The maximum Gasteiger partial charge on any atom is 0.460 e. The van der Waals surface area contributed by atoms with E-state index >= 15 is 0 Å². The van der Waals surface area contributed by atoms with Gasteiger partial charge in [-0.05, 0) is 42.5 Å². The van der Waals surface area contributed by atoms with Crippen LogP contribution in [0.25, 0.3) is 0 Å². The quantitative estimate of drug-likeness (QED) is 0.0285. The second-order valence-corrected chi connectivity index (χ2v) is 25.2. The van der Waals surface area contributed by atoms with Crippen LogP contribution < -0.4 is 27.1 Å². The molecule has 6 atom stereocenters. The van der Waals surface area contributed by atoms with Gasteiger partial charge in [0.25, 0.3) is 0 Å². The lowest BCUT2D eigenvalue weighted by Crippen LogP contribution is -2.14. The van der Waals surface area contributed by atoms with Crippen LogP contribution in [0.5, 0.6) is 34.5 Å². The average Bonchev–Trinajstić information content (AvgIpc) is 4.36. The summed E-state index contributed by atoms with van der Waals surface area (Å²) in [6, 6.07) is 46.7. The van der Waals surface area contributed by atoms with E-state index < -0.39 is 23.0 Å². The summed E-state index contributed by atoms with van der Waals surface area (Å²) >= 11 is 0. The number of para-hydroxylation sites is 6. The molecule has 22 heteroatoms. The molecule has 19 nitrogen and oxygen atoms in total. The van der Waals surface area contributed by atoms with E-state index in [4.69, 9.17) is 88.1 Å². The first-order chi connectivity index (χ1) is 38.4. The summed E-state index contributed by atoms with van der Waals surface area (Å²) in [6.45, 7) is 5.98. The molecule has 6 aromatic rings.